The molecule has 0 atom stereocenters. The molecule has 2 aromatic heterocycles. The molecule has 0 aliphatic carbocycles. The van der Waals surface area contributed by atoms with Gasteiger partial charge in [0, 0.05) is 16.2 Å². The van der Waals surface area contributed by atoms with E-state index in [0.29, 0.717) is 15.8 Å². The van der Waals surface area contributed by atoms with Crippen LogP contribution in [-0.2, 0) is 9.53 Å². The molecule has 3 aromatic rings. The van der Waals surface area contributed by atoms with Crippen LogP contribution in [0.3, 0.4) is 0 Å². The third-order valence-electron chi connectivity index (χ3n) is 3.01. The van der Waals surface area contributed by atoms with Gasteiger partial charge >= 0.3 is 5.97 Å². The van der Waals surface area contributed by atoms with Gasteiger partial charge < -0.3 is 14.6 Å². The molecular formula is C15H10ClFN2O4S. The molecule has 0 bridgehead atoms. The maximum atomic E-state index is 13.2. The van der Waals surface area contributed by atoms with Crippen molar-refractivity contribution in [3.05, 3.63) is 45.7 Å². The van der Waals surface area contributed by atoms with Gasteiger partial charge in [-0.25, -0.2) is 9.18 Å². The summed E-state index contributed by atoms with van der Waals surface area (Å²) in [6, 6.07) is 5.54. The topological polar surface area (TPSA) is 81.4 Å². The minimum atomic E-state index is -0.756. The number of anilines is 1. The van der Waals surface area contributed by atoms with Gasteiger partial charge in [-0.3, -0.25) is 4.79 Å². The zero-order chi connectivity index (χ0) is 17.3. The van der Waals surface area contributed by atoms with Crippen molar-refractivity contribution < 1.29 is 23.2 Å². The number of amides is 1. The number of thiophene rings is 1. The molecule has 0 spiro atoms. The average molecular weight is 369 g/mol. The Bertz CT molecular complexity index is 937. The Balaban J connectivity index is 1.66. The van der Waals surface area contributed by atoms with Crippen molar-refractivity contribution in [1.29, 1.82) is 0 Å². The Kier molecular flexibility index (Phi) is 4.50. The van der Waals surface area contributed by atoms with E-state index in [9.17, 15) is 14.0 Å². The minimum absolute atomic E-state index is 0.113. The van der Waals surface area contributed by atoms with E-state index in [1.54, 1.807) is 6.92 Å². The van der Waals surface area contributed by atoms with Crippen LogP contribution in [0.15, 0.2) is 28.8 Å². The first-order valence-electron chi connectivity index (χ1n) is 6.72. The molecule has 0 aliphatic heterocycles. The van der Waals surface area contributed by atoms with Gasteiger partial charge in [-0.05, 0) is 25.1 Å². The number of fused-ring (bicyclic) bond motifs is 1. The number of rotatable bonds is 4. The predicted octanol–water partition coefficient (Wildman–Crippen LogP) is 3.79. The van der Waals surface area contributed by atoms with Crippen LogP contribution in [0.1, 0.15) is 15.4 Å². The van der Waals surface area contributed by atoms with Crippen LogP contribution >= 0.6 is 22.9 Å². The molecule has 1 N–H and O–H groups in total. The summed E-state index contributed by atoms with van der Waals surface area (Å²) in [7, 11) is 0. The van der Waals surface area contributed by atoms with Gasteiger partial charge in [0.25, 0.3) is 5.91 Å². The SMILES string of the molecule is Cc1cc(NC(=O)COC(=O)c2sc3cc(F)ccc3c2Cl)no1. The smallest absolute Gasteiger partial charge is 0.350 e. The maximum Gasteiger partial charge on any atom is 0.350 e. The molecule has 0 fully saturated rings. The van der Waals surface area contributed by atoms with E-state index >= 15 is 0 Å². The van der Waals surface area contributed by atoms with E-state index in [0.717, 1.165) is 11.3 Å². The van der Waals surface area contributed by atoms with Crippen LogP contribution in [0, 0.1) is 12.7 Å². The van der Waals surface area contributed by atoms with Gasteiger partial charge in [0.1, 0.15) is 16.5 Å². The number of benzene rings is 1. The molecule has 0 saturated carbocycles. The first kappa shape index (κ1) is 16.4. The number of carbonyl (C=O) groups excluding carboxylic acids is 2. The second-order valence-electron chi connectivity index (χ2n) is 4.83. The number of carbonyl (C=O) groups is 2. The highest BCUT2D eigenvalue weighted by atomic mass is 35.5. The monoisotopic (exact) mass is 368 g/mol. The number of nitrogens with zero attached hydrogens (tertiary/aromatic N) is 1. The van der Waals surface area contributed by atoms with Crippen molar-refractivity contribution in [3.8, 4) is 0 Å². The predicted molar refractivity (Wildman–Crippen MR) is 86.9 cm³/mol. The lowest BCUT2D eigenvalue weighted by molar-refractivity contribution is -0.119. The number of aryl methyl sites for hydroxylation is 1. The summed E-state index contributed by atoms with van der Waals surface area (Å²) in [5.74, 6) is -0.994. The average Bonchev–Trinajstić information content (AvgIpc) is 3.08. The maximum absolute atomic E-state index is 13.2. The standard InChI is InChI=1S/C15H10ClFN2O4S/c1-7-4-11(19-23-7)18-12(20)6-22-15(21)14-13(16)9-3-2-8(17)5-10(9)24-14/h2-5H,6H2,1H3,(H,18,19,20). The normalized spacial score (nSPS) is 10.8. The Morgan fingerprint density at radius 1 is 1.42 bits per heavy atom. The molecule has 2 heterocycles. The number of hydrogen-bond donors (Lipinski definition) is 1. The molecule has 6 nitrogen and oxygen atoms in total. The van der Waals surface area contributed by atoms with Crippen molar-refractivity contribution in [2.75, 3.05) is 11.9 Å². The third-order valence-corrected chi connectivity index (χ3v) is 4.64. The number of hydrogen-bond acceptors (Lipinski definition) is 6. The Labute approximate surface area is 144 Å². The van der Waals surface area contributed by atoms with E-state index in [-0.39, 0.29) is 15.7 Å². The molecular weight excluding hydrogens is 359 g/mol. The Morgan fingerprint density at radius 3 is 2.92 bits per heavy atom. The summed E-state index contributed by atoms with van der Waals surface area (Å²) in [4.78, 5) is 23.9. The van der Waals surface area contributed by atoms with Gasteiger partial charge in [-0.15, -0.1) is 11.3 Å². The minimum Gasteiger partial charge on any atom is -0.451 e. The van der Waals surface area contributed by atoms with Crippen molar-refractivity contribution in [3.63, 3.8) is 0 Å². The fraction of sp³-hybridized carbons (Fsp3) is 0.133. The molecule has 0 saturated heterocycles. The van der Waals surface area contributed by atoms with Crippen molar-refractivity contribution in [1.82, 2.24) is 5.16 Å². The first-order valence-corrected chi connectivity index (χ1v) is 7.91. The number of ether oxygens (including phenoxy) is 1. The number of esters is 1. The van der Waals surface area contributed by atoms with Gasteiger partial charge in [-0.2, -0.15) is 0 Å². The van der Waals surface area contributed by atoms with Crippen LogP contribution in [0.25, 0.3) is 10.1 Å². The van der Waals surface area contributed by atoms with Gasteiger partial charge in [-0.1, -0.05) is 16.8 Å². The summed E-state index contributed by atoms with van der Waals surface area (Å²) >= 11 is 7.12. The Hall–Kier alpha value is -2.45. The lowest BCUT2D eigenvalue weighted by Crippen LogP contribution is -2.20. The second-order valence-corrected chi connectivity index (χ2v) is 6.26. The molecule has 24 heavy (non-hydrogen) atoms. The quantitative estimate of drug-likeness (QED) is 0.708. The summed E-state index contributed by atoms with van der Waals surface area (Å²) in [6.07, 6.45) is 0. The third kappa shape index (κ3) is 3.39. The highest BCUT2D eigenvalue weighted by Gasteiger charge is 2.20. The van der Waals surface area contributed by atoms with Crippen LogP contribution in [0.2, 0.25) is 5.02 Å². The number of nitrogens with one attached hydrogen (secondary N) is 1. The highest BCUT2D eigenvalue weighted by Crippen LogP contribution is 2.36. The van der Waals surface area contributed by atoms with E-state index in [4.69, 9.17) is 20.9 Å². The summed E-state index contributed by atoms with van der Waals surface area (Å²) in [5.41, 5.74) is 0. The van der Waals surface area contributed by atoms with E-state index in [1.807, 2.05) is 0 Å². The van der Waals surface area contributed by atoms with Crippen molar-refractivity contribution >= 4 is 50.7 Å². The molecule has 0 aliphatic rings. The van der Waals surface area contributed by atoms with Crippen LogP contribution in [0.5, 0.6) is 0 Å². The van der Waals surface area contributed by atoms with Gasteiger partial charge in [0.15, 0.2) is 12.4 Å². The molecule has 9 heteroatoms. The molecule has 1 amide bonds. The molecule has 3 rings (SSSR count). The fourth-order valence-corrected chi connectivity index (χ4v) is 3.40. The number of aromatic nitrogens is 1. The van der Waals surface area contributed by atoms with E-state index in [1.165, 1.54) is 24.3 Å². The second kappa shape index (κ2) is 6.58. The molecule has 1 aromatic carbocycles. The summed E-state index contributed by atoms with van der Waals surface area (Å²) < 4.78 is 23.5. The van der Waals surface area contributed by atoms with Gasteiger partial charge in [0.05, 0.1) is 5.02 Å². The van der Waals surface area contributed by atoms with Crippen LogP contribution in [-0.4, -0.2) is 23.6 Å². The van der Waals surface area contributed by atoms with Crippen molar-refractivity contribution in [2.24, 2.45) is 0 Å². The van der Waals surface area contributed by atoms with E-state index < -0.39 is 24.3 Å². The molecule has 124 valence electrons. The molecule has 0 unspecified atom stereocenters. The van der Waals surface area contributed by atoms with Crippen LogP contribution in [0.4, 0.5) is 10.2 Å². The van der Waals surface area contributed by atoms with E-state index in [2.05, 4.69) is 10.5 Å². The van der Waals surface area contributed by atoms with Gasteiger partial charge in [0.2, 0.25) is 0 Å². The van der Waals surface area contributed by atoms with Crippen LogP contribution < -0.4 is 5.32 Å². The number of halogens is 2. The fourth-order valence-electron chi connectivity index (χ4n) is 1.97. The zero-order valence-electron chi connectivity index (χ0n) is 12.3. The van der Waals surface area contributed by atoms with Crippen molar-refractivity contribution in [2.45, 2.75) is 6.92 Å². The largest absolute Gasteiger partial charge is 0.451 e. The lowest BCUT2D eigenvalue weighted by atomic mass is 10.2. The molecule has 0 radical (unpaired) electrons. The lowest BCUT2D eigenvalue weighted by Gasteiger charge is -2.03. The first-order chi connectivity index (χ1) is 11.4. The Morgan fingerprint density at radius 2 is 2.21 bits per heavy atom. The highest BCUT2D eigenvalue weighted by molar-refractivity contribution is 7.21. The summed E-state index contributed by atoms with van der Waals surface area (Å²) in [6.45, 7) is 1.17. The zero-order valence-corrected chi connectivity index (χ0v) is 13.8. The summed E-state index contributed by atoms with van der Waals surface area (Å²) in [5, 5.41) is 6.74.